The molecule has 0 unspecified atom stereocenters. The maximum Gasteiger partial charge on any atom is 0.262 e. The van der Waals surface area contributed by atoms with Gasteiger partial charge in [0, 0.05) is 6.54 Å². The van der Waals surface area contributed by atoms with Crippen LogP contribution in [0.1, 0.15) is 43.7 Å². The fraction of sp³-hybridized carbons (Fsp3) is 0.400. The van der Waals surface area contributed by atoms with Crippen LogP contribution in [0.3, 0.4) is 0 Å². The molecule has 1 N–H and O–H groups in total. The minimum Gasteiger partial charge on any atom is -0.279 e. The molecule has 0 spiro atoms. The van der Waals surface area contributed by atoms with Gasteiger partial charge >= 0.3 is 0 Å². The lowest BCUT2D eigenvalue weighted by atomic mass is 10.0. The van der Waals surface area contributed by atoms with Crippen LogP contribution in [-0.2, 0) is 20.0 Å². The molecule has 8 heteroatoms. The topological polar surface area (TPSA) is 83.6 Å². The Morgan fingerprint density at radius 3 is 2.43 bits per heavy atom. The average molecular weight is 423 g/mol. The lowest BCUT2D eigenvalue weighted by Crippen LogP contribution is -2.37. The van der Waals surface area contributed by atoms with Gasteiger partial charge in [-0.2, -0.15) is 0 Å². The number of hydrogen-bond acceptors (Lipinski definition) is 4. The fourth-order valence-corrected chi connectivity index (χ4v) is 6.41. The summed E-state index contributed by atoms with van der Waals surface area (Å²) in [5.41, 5.74) is 2.49. The van der Waals surface area contributed by atoms with Crippen molar-refractivity contribution in [3.63, 3.8) is 0 Å². The van der Waals surface area contributed by atoms with Gasteiger partial charge in [0.15, 0.2) is 0 Å². The van der Waals surface area contributed by atoms with Crippen molar-refractivity contribution in [1.29, 1.82) is 0 Å². The van der Waals surface area contributed by atoms with Crippen molar-refractivity contribution < 1.29 is 16.8 Å². The van der Waals surface area contributed by atoms with Crippen molar-refractivity contribution in [3.05, 3.63) is 53.6 Å². The normalized spacial score (nSPS) is 16.9. The molecule has 2 aromatic carbocycles. The van der Waals surface area contributed by atoms with Gasteiger partial charge in [0.1, 0.15) is 0 Å². The third kappa shape index (κ3) is 4.17. The molecule has 0 aliphatic carbocycles. The maximum absolute atomic E-state index is 13.0. The molecule has 1 saturated heterocycles. The van der Waals surface area contributed by atoms with Gasteiger partial charge in [-0.25, -0.2) is 16.8 Å². The Kier molecular flexibility index (Phi) is 5.72. The molecule has 2 aromatic rings. The van der Waals surface area contributed by atoms with E-state index < -0.39 is 20.0 Å². The van der Waals surface area contributed by atoms with Gasteiger partial charge < -0.3 is 0 Å². The highest BCUT2D eigenvalue weighted by molar-refractivity contribution is 7.93. The molecule has 0 radical (unpaired) electrons. The van der Waals surface area contributed by atoms with Crippen LogP contribution in [0.15, 0.2) is 47.4 Å². The summed E-state index contributed by atoms with van der Waals surface area (Å²) >= 11 is 0. The van der Waals surface area contributed by atoms with Crippen LogP contribution in [0.4, 0.5) is 11.4 Å². The quantitative estimate of drug-likeness (QED) is 0.793. The minimum atomic E-state index is -3.79. The Bertz CT molecular complexity index is 1080. The first-order chi connectivity index (χ1) is 13.1. The molecule has 6 nitrogen and oxygen atoms in total. The molecule has 0 bridgehead atoms. The summed E-state index contributed by atoms with van der Waals surface area (Å²) in [6.45, 7) is 6.12. The summed E-state index contributed by atoms with van der Waals surface area (Å²) in [4.78, 5) is 0.143. The average Bonchev–Trinajstić information content (AvgIpc) is 2.61. The fourth-order valence-electron chi connectivity index (χ4n) is 3.46. The Morgan fingerprint density at radius 1 is 1.07 bits per heavy atom. The summed E-state index contributed by atoms with van der Waals surface area (Å²) < 4.78 is 54.6. The molecule has 152 valence electrons. The number of rotatable bonds is 5. The Labute approximate surface area is 167 Å². The summed E-state index contributed by atoms with van der Waals surface area (Å²) in [5, 5.41) is 0. The standard InChI is InChI=1S/C20H26N2O4S2/c1-15(2)18-8-4-5-9-19(18)21-28(25,26)20-11-10-17(14-16(20)3)22-12-6-7-13-27(22,23)24/h4-5,8-11,14-15,21H,6-7,12-13H2,1-3H3. The maximum atomic E-state index is 13.0. The molecule has 0 aromatic heterocycles. The van der Waals surface area contributed by atoms with Gasteiger partial charge in [0.2, 0.25) is 10.0 Å². The summed E-state index contributed by atoms with van der Waals surface area (Å²) in [7, 11) is -7.13. The predicted octanol–water partition coefficient (Wildman–Crippen LogP) is 3.85. The van der Waals surface area contributed by atoms with Crippen LogP contribution in [0.5, 0.6) is 0 Å². The third-order valence-corrected chi connectivity index (χ3v) is 8.31. The zero-order valence-electron chi connectivity index (χ0n) is 16.3. The molecule has 3 rings (SSSR count). The number of hydrogen-bond donors (Lipinski definition) is 1. The van der Waals surface area contributed by atoms with Crippen molar-refractivity contribution in [2.24, 2.45) is 0 Å². The van der Waals surface area contributed by atoms with Crippen LogP contribution in [-0.4, -0.2) is 29.1 Å². The van der Waals surface area contributed by atoms with Crippen molar-refractivity contribution in [1.82, 2.24) is 0 Å². The first-order valence-electron chi connectivity index (χ1n) is 9.34. The van der Waals surface area contributed by atoms with Gasteiger partial charge in [0.25, 0.3) is 10.0 Å². The zero-order valence-corrected chi connectivity index (χ0v) is 18.0. The van der Waals surface area contributed by atoms with Gasteiger partial charge in [0.05, 0.1) is 22.0 Å². The van der Waals surface area contributed by atoms with E-state index in [2.05, 4.69) is 4.72 Å². The minimum absolute atomic E-state index is 0.125. The van der Waals surface area contributed by atoms with E-state index in [1.807, 2.05) is 26.0 Å². The highest BCUT2D eigenvalue weighted by Crippen LogP contribution is 2.30. The molecule has 1 aliphatic heterocycles. The predicted molar refractivity (Wildman–Crippen MR) is 113 cm³/mol. The number of anilines is 2. The molecule has 1 fully saturated rings. The second-order valence-corrected chi connectivity index (χ2v) is 11.1. The Hall–Kier alpha value is -2.06. The van der Waals surface area contributed by atoms with Crippen LogP contribution < -0.4 is 9.03 Å². The van der Waals surface area contributed by atoms with E-state index >= 15 is 0 Å². The first kappa shape index (κ1) is 20.7. The molecule has 0 atom stereocenters. The third-order valence-electron chi connectivity index (χ3n) is 4.91. The van der Waals surface area contributed by atoms with Crippen molar-refractivity contribution in [2.75, 3.05) is 21.3 Å². The van der Waals surface area contributed by atoms with Gasteiger partial charge in [-0.3, -0.25) is 9.03 Å². The molecule has 28 heavy (non-hydrogen) atoms. The van der Waals surface area contributed by atoms with Crippen LogP contribution >= 0.6 is 0 Å². The highest BCUT2D eigenvalue weighted by atomic mass is 32.2. The number of nitrogens with one attached hydrogen (secondary N) is 1. The van der Waals surface area contributed by atoms with Gasteiger partial charge in [-0.05, 0) is 61.1 Å². The number of nitrogens with zero attached hydrogens (tertiary/aromatic N) is 1. The Morgan fingerprint density at radius 2 is 1.79 bits per heavy atom. The number of benzene rings is 2. The largest absolute Gasteiger partial charge is 0.279 e. The van der Waals surface area contributed by atoms with E-state index in [1.165, 1.54) is 10.4 Å². The van der Waals surface area contributed by atoms with E-state index in [0.29, 0.717) is 29.9 Å². The smallest absolute Gasteiger partial charge is 0.262 e. The lowest BCUT2D eigenvalue weighted by Gasteiger charge is -2.28. The monoisotopic (exact) mass is 422 g/mol. The lowest BCUT2D eigenvalue weighted by molar-refractivity contribution is 0.574. The molecule has 0 saturated carbocycles. The SMILES string of the molecule is Cc1cc(N2CCCCS2(=O)=O)ccc1S(=O)(=O)Nc1ccccc1C(C)C. The van der Waals surface area contributed by atoms with Crippen LogP contribution in [0, 0.1) is 6.92 Å². The highest BCUT2D eigenvalue weighted by Gasteiger charge is 2.27. The summed E-state index contributed by atoms with van der Waals surface area (Å²) in [5.74, 6) is 0.297. The van der Waals surface area contributed by atoms with E-state index in [1.54, 1.807) is 31.2 Å². The van der Waals surface area contributed by atoms with Crippen LogP contribution in [0.2, 0.25) is 0 Å². The van der Waals surface area contributed by atoms with E-state index in [-0.39, 0.29) is 16.6 Å². The number of para-hydroxylation sites is 1. The van der Waals surface area contributed by atoms with Gasteiger partial charge in [-0.1, -0.05) is 32.0 Å². The molecule has 1 aliphatic rings. The van der Waals surface area contributed by atoms with Gasteiger partial charge in [-0.15, -0.1) is 0 Å². The number of aryl methyl sites for hydroxylation is 1. The second-order valence-electron chi connectivity index (χ2n) is 7.39. The molecule has 0 amide bonds. The molecular weight excluding hydrogens is 396 g/mol. The van der Waals surface area contributed by atoms with Crippen molar-refractivity contribution in [2.45, 2.75) is 44.4 Å². The molecular formula is C20H26N2O4S2. The zero-order chi connectivity index (χ0) is 20.5. The number of sulfonamides is 2. The Balaban J connectivity index is 1.94. The van der Waals surface area contributed by atoms with E-state index in [4.69, 9.17) is 0 Å². The summed E-state index contributed by atoms with van der Waals surface area (Å²) in [6, 6.07) is 12.0. The summed E-state index contributed by atoms with van der Waals surface area (Å²) in [6.07, 6.45) is 1.45. The van der Waals surface area contributed by atoms with Crippen molar-refractivity contribution >= 4 is 31.4 Å². The van der Waals surface area contributed by atoms with E-state index in [0.717, 1.165) is 12.0 Å². The first-order valence-corrected chi connectivity index (χ1v) is 12.4. The van der Waals surface area contributed by atoms with E-state index in [9.17, 15) is 16.8 Å². The molecule has 1 heterocycles. The second kappa shape index (κ2) is 7.75. The van der Waals surface area contributed by atoms with Crippen molar-refractivity contribution in [3.8, 4) is 0 Å². The van der Waals surface area contributed by atoms with Crippen LogP contribution in [0.25, 0.3) is 0 Å².